The fourth-order valence-electron chi connectivity index (χ4n) is 3.87. The fourth-order valence-corrected chi connectivity index (χ4v) is 5.04. The van der Waals surface area contributed by atoms with Gasteiger partial charge in [0, 0.05) is 5.56 Å². The monoisotopic (exact) mass is 468 g/mol. The number of carbonyl (C=O) groups is 1. The second-order valence-electron chi connectivity index (χ2n) is 8.14. The van der Waals surface area contributed by atoms with E-state index in [1.54, 1.807) is 0 Å². The fraction of sp³-hybridized carbons (Fsp3) is 0.148. The Bertz CT molecular complexity index is 1300. The van der Waals surface area contributed by atoms with Crippen LogP contribution in [-0.2, 0) is 9.53 Å². The van der Waals surface area contributed by atoms with E-state index in [2.05, 4.69) is 31.2 Å². The van der Waals surface area contributed by atoms with Crippen LogP contribution in [0.1, 0.15) is 16.7 Å². The standard InChI is InChI=1S/C27H24N4O2S/c1-19-9-13-21(14-10-19)24-17-18-27(30(28-24)22-7-5-4-6-8-22)31(23-15-11-20(2)12-16-23)29-25(34-27)26(32)33-3/h4-18H,1-3H3/t27-/m0/s1. The second-order valence-corrected chi connectivity index (χ2v) is 9.33. The molecule has 1 atom stereocenters. The summed E-state index contributed by atoms with van der Waals surface area (Å²) in [4.78, 5) is 11.6. The third-order valence-electron chi connectivity index (χ3n) is 5.70. The van der Waals surface area contributed by atoms with Gasteiger partial charge in [-0.3, -0.25) is 0 Å². The number of benzene rings is 3. The quantitative estimate of drug-likeness (QED) is 0.475. The Morgan fingerprint density at radius 3 is 2.06 bits per heavy atom. The van der Waals surface area contributed by atoms with Gasteiger partial charge in [-0.25, -0.2) is 14.8 Å². The van der Waals surface area contributed by atoms with Crippen molar-refractivity contribution in [2.45, 2.75) is 18.8 Å². The summed E-state index contributed by atoms with van der Waals surface area (Å²) in [5, 5.41) is 13.8. The van der Waals surface area contributed by atoms with Gasteiger partial charge in [-0.2, -0.15) is 10.2 Å². The van der Waals surface area contributed by atoms with Crippen LogP contribution in [0.2, 0.25) is 0 Å². The highest BCUT2D eigenvalue weighted by molar-refractivity contribution is 8.17. The van der Waals surface area contributed by atoms with Gasteiger partial charge in [0.2, 0.25) is 10.0 Å². The van der Waals surface area contributed by atoms with Crippen LogP contribution in [0, 0.1) is 13.8 Å². The summed E-state index contributed by atoms with van der Waals surface area (Å²) in [6.07, 6.45) is 4.04. The van der Waals surface area contributed by atoms with Gasteiger partial charge in [-0.15, -0.1) is 0 Å². The lowest BCUT2D eigenvalue weighted by molar-refractivity contribution is -0.132. The van der Waals surface area contributed by atoms with Crippen LogP contribution in [0.25, 0.3) is 0 Å². The molecule has 34 heavy (non-hydrogen) atoms. The number of hydrogen-bond acceptors (Lipinski definition) is 7. The lowest BCUT2D eigenvalue weighted by Crippen LogP contribution is -2.53. The maximum Gasteiger partial charge on any atom is 0.365 e. The van der Waals surface area contributed by atoms with Gasteiger partial charge in [0.25, 0.3) is 0 Å². The summed E-state index contributed by atoms with van der Waals surface area (Å²) in [5.41, 5.74) is 5.88. The Morgan fingerprint density at radius 2 is 1.41 bits per heavy atom. The zero-order valence-corrected chi connectivity index (χ0v) is 20.0. The number of rotatable bonds is 4. The smallest absolute Gasteiger partial charge is 0.365 e. The van der Waals surface area contributed by atoms with E-state index < -0.39 is 11.0 Å². The Hall–Kier alpha value is -3.84. The first-order valence-corrected chi connectivity index (χ1v) is 11.7. The maximum atomic E-state index is 12.6. The zero-order valence-electron chi connectivity index (χ0n) is 19.2. The minimum Gasteiger partial charge on any atom is -0.464 e. The molecule has 7 heteroatoms. The van der Waals surface area contributed by atoms with Crippen molar-refractivity contribution >= 4 is 39.9 Å². The van der Waals surface area contributed by atoms with Crippen molar-refractivity contribution in [1.82, 2.24) is 0 Å². The van der Waals surface area contributed by atoms with Gasteiger partial charge in [0.05, 0.1) is 24.2 Å². The predicted molar refractivity (Wildman–Crippen MR) is 139 cm³/mol. The molecule has 0 fully saturated rings. The Labute approximate surface area is 203 Å². The van der Waals surface area contributed by atoms with Crippen LogP contribution in [0.5, 0.6) is 0 Å². The summed E-state index contributed by atoms with van der Waals surface area (Å²) in [6, 6.07) is 26.2. The normalized spacial score (nSPS) is 19.3. The van der Waals surface area contributed by atoms with Crippen LogP contribution >= 0.6 is 11.8 Å². The molecule has 0 bridgehead atoms. The number of allylic oxidation sites excluding steroid dienone is 1. The summed E-state index contributed by atoms with van der Waals surface area (Å²) < 4.78 is 5.02. The summed E-state index contributed by atoms with van der Waals surface area (Å²) in [7, 11) is 1.37. The molecular weight excluding hydrogens is 444 g/mol. The van der Waals surface area contributed by atoms with Crippen molar-refractivity contribution in [3.05, 3.63) is 108 Å². The average molecular weight is 469 g/mol. The Morgan fingerprint density at radius 1 is 0.824 bits per heavy atom. The third kappa shape index (κ3) is 3.88. The molecule has 0 amide bonds. The highest BCUT2D eigenvalue weighted by Crippen LogP contribution is 2.48. The zero-order chi connectivity index (χ0) is 23.7. The van der Waals surface area contributed by atoms with E-state index in [4.69, 9.17) is 14.9 Å². The minimum absolute atomic E-state index is 0.266. The molecule has 0 N–H and O–H groups in total. The molecule has 3 aromatic carbocycles. The average Bonchev–Trinajstić information content (AvgIpc) is 3.25. The van der Waals surface area contributed by atoms with Gasteiger partial charge in [0.1, 0.15) is 0 Å². The summed E-state index contributed by atoms with van der Waals surface area (Å²) >= 11 is 1.31. The highest BCUT2D eigenvalue weighted by Gasteiger charge is 2.51. The molecule has 2 heterocycles. The number of hydrazone groups is 2. The topological polar surface area (TPSA) is 57.5 Å². The number of carbonyl (C=O) groups excluding carboxylic acids is 1. The molecule has 0 saturated carbocycles. The number of thioether (sulfide) groups is 1. The number of anilines is 2. The second kappa shape index (κ2) is 8.83. The molecule has 0 saturated heterocycles. The Kier molecular flexibility index (Phi) is 5.71. The number of ether oxygens (including phenoxy) is 1. The largest absolute Gasteiger partial charge is 0.464 e. The van der Waals surface area contributed by atoms with Gasteiger partial charge in [-0.05, 0) is 62.0 Å². The van der Waals surface area contributed by atoms with E-state index >= 15 is 0 Å². The third-order valence-corrected chi connectivity index (χ3v) is 6.92. The van der Waals surface area contributed by atoms with E-state index in [0.717, 1.165) is 28.2 Å². The molecule has 0 aliphatic carbocycles. The molecule has 2 aliphatic heterocycles. The first kappa shape index (κ1) is 22.0. The van der Waals surface area contributed by atoms with Crippen LogP contribution in [0.3, 0.4) is 0 Å². The Balaban J connectivity index is 1.66. The molecule has 170 valence electrons. The van der Waals surface area contributed by atoms with E-state index in [-0.39, 0.29) is 5.04 Å². The number of methoxy groups -OCH3 is 1. The van der Waals surface area contributed by atoms with Crippen LogP contribution in [0.15, 0.2) is 101 Å². The summed E-state index contributed by atoms with van der Waals surface area (Å²) in [5.74, 6) is -0.478. The lowest BCUT2D eigenvalue weighted by atomic mass is 10.1. The summed E-state index contributed by atoms with van der Waals surface area (Å²) in [6.45, 7) is 4.10. The van der Waals surface area contributed by atoms with Crippen molar-refractivity contribution in [2.75, 3.05) is 17.1 Å². The van der Waals surface area contributed by atoms with Gasteiger partial charge < -0.3 is 4.74 Å². The highest BCUT2D eigenvalue weighted by atomic mass is 32.2. The van der Waals surface area contributed by atoms with Crippen molar-refractivity contribution in [3.63, 3.8) is 0 Å². The van der Waals surface area contributed by atoms with Crippen molar-refractivity contribution in [3.8, 4) is 0 Å². The predicted octanol–water partition coefficient (Wildman–Crippen LogP) is 5.48. The molecule has 3 aromatic rings. The number of para-hydroxylation sites is 1. The van der Waals surface area contributed by atoms with Crippen LogP contribution in [0.4, 0.5) is 11.4 Å². The number of esters is 1. The van der Waals surface area contributed by atoms with Gasteiger partial charge >= 0.3 is 5.97 Å². The molecule has 1 spiro atoms. The molecule has 0 radical (unpaired) electrons. The van der Waals surface area contributed by atoms with Gasteiger partial charge in [0.15, 0.2) is 0 Å². The molecular formula is C27H24N4O2S. The van der Waals surface area contributed by atoms with Crippen molar-refractivity contribution < 1.29 is 9.53 Å². The van der Waals surface area contributed by atoms with E-state index in [0.29, 0.717) is 0 Å². The lowest BCUT2D eigenvalue weighted by Gasteiger charge is -2.43. The van der Waals surface area contributed by atoms with Crippen LogP contribution < -0.4 is 10.0 Å². The molecule has 5 rings (SSSR count). The molecule has 2 aliphatic rings. The molecule has 6 nitrogen and oxygen atoms in total. The SMILES string of the molecule is COC(=O)C1=NN(c2ccc(C)cc2)[C@@]2(C=CC(c3ccc(C)cc3)=NN2c2ccccc2)S1. The first-order chi connectivity index (χ1) is 16.5. The minimum atomic E-state index is -0.922. The molecule has 0 aromatic heterocycles. The van der Waals surface area contributed by atoms with E-state index in [1.807, 2.05) is 83.7 Å². The molecule has 0 unspecified atom stereocenters. The number of aryl methyl sites for hydroxylation is 2. The van der Waals surface area contributed by atoms with Crippen LogP contribution in [-0.4, -0.2) is 28.8 Å². The first-order valence-electron chi connectivity index (χ1n) is 10.9. The van der Waals surface area contributed by atoms with Crippen molar-refractivity contribution in [1.29, 1.82) is 0 Å². The number of nitrogens with zero attached hydrogens (tertiary/aromatic N) is 4. The van der Waals surface area contributed by atoms with E-state index in [9.17, 15) is 4.79 Å². The van der Waals surface area contributed by atoms with E-state index in [1.165, 1.54) is 24.4 Å². The van der Waals surface area contributed by atoms with Crippen molar-refractivity contribution in [2.24, 2.45) is 10.2 Å². The maximum absolute atomic E-state index is 12.6. The number of hydrogen-bond donors (Lipinski definition) is 0. The van der Waals surface area contributed by atoms with Gasteiger partial charge in [-0.1, -0.05) is 65.7 Å².